The number of sulfonamides is 1. The maximum atomic E-state index is 12.4. The molecule has 1 N–H and O–H groups in total. The summed E-state index contributed by atoms with van der Waals surface area (Å²) in [6, 6.07) is 10.2. The molecule has 1 aromatic rings. The molecular formula is C18H29N3O3S. The molecule has 0 unspecified atom stereocenters. The smallest absolute Gasteiger partial charge is 0.225 e. The Labute approximate surface area is 151 Å². The summed E-state index contributed by atoms with van der Waals surface area (Å²) in [6.45, 7) is 8.88. The minimum Gasteiger partial charge on any atom is -0.355 e. The van der Waals surface area contributed by atoms with E-state index in [9.17, 15) is 13.2 Å². The summed E-state index contributed by atoms with van der Waals surface area (Å²) in [7, 11) is -3.33. The summed E-state index contributed by atoms with van der Waals surface area (Å²) in [6.07, 6.45) is 0. The third-order valence-corrected chi connectivity index (χ3v) is 6.17. The molecule has 0 spiro atoms. The van der Waals surface area contributed by atoms with Crippen LogP contribution in [0.4, 0.5) is 0 Å². The SMILES string of the molecule is CC(C)(C)C(=O)NCCS(=O)(=O)N1CCN(Cc2ccccc2)CC1. The van der Waals surface area contributed by atoms with Crippen LogP contribution in [0.25, 0.3) is 0 Å². The molecule has 1 amide bonds. The highest BCUT2D eigenvalue weighted by molar-refractivity contribution is 7.89. The van der Waals surface area contributed by atoms with Crippen LogP contribution in [0.3, 0.4) is 0 Å². The molecule has 1 aliphatic rings. The van der Waals surface area contributed by atoms with Crippen molar-refractivity contribution >= 4 is 15.9 Å². The Hall–Kier alpha value is -1.44. The first kappa shape index (κ1) is 19.9. The molecule has 2 rings (SSSR count). The molecular weight excluding hydrogens is 338 g/mol. The van der Waals surface area contributed by atoms with Crippen molar-refractivity contribution < 1.29 is 13.2 Å². The summed E-state index contributed by atoms with van der Waals surface area (Å²) in [5.41, 5.74) is 0.732. The highest BCUT2D eigenvalue weighted by atomic mass is 32.2. The average Bonchev–Trinajstić information content (AvgIpc) is 2.55. The lowest BCUT2D eigenvalue weighted by Gasteiger charge is -2.34. The van der Waals surface area contributed by atoms with Gasteiger partial charge in [0.2, 0.25) is 15.9 Å². The lowest BCUT2D eigenvalue weighted by Crippen LogP contribution is -2.50. The normalized spacial score (nSPS) is 17.4. The summed E-state index contributed by atoms with van der Waals surface area (Å²) in [5, 5.41) is 2.70. The van der Waals surface area contributed by atoms with Crippen molar-refractivity contribution in [2.75, 3.05) is 38.5 Å². The van der Waals surface area contributed by atoms with Gasteiger partial charge in [-0.2, -0.15) is 4.31 Å². The average molecular weight is 368 g/mol. The van der Waals surface area contributed by atoms with Crippen LogP contribution in [0.2, 0.25) is 0 Å². The topological polar surface area (TPSA) is 69.7 Å². The summed E-state index contributed by atoms with van der Waals surface area (Å²) >= 11 is 0. The Balaban J connectivity index is 1.78. The van der Waals surface area contributed by atoms with Gasteiger partial charge in [0.05, 0.1) is 5.75 Å². The summed E-state index contributed by atoms with van der Waals surface area (Å²) in [4.78, 5) is 14.1. The van der Waals surface area contributed by atoms with Crippen molar-refractivity contribution in [3.63, 3.8) is 0 Å². The van der Waals surface area contributed by atoms with E-state index >= 15 is 0 Å². The molecule has 140 valence electrons. The number of hydrogen-bond acceptors (Lipinski definition) is 4. The fourth-order valence-corrected chi connectivity index (χ4v) is 4.03. The van der Waals surface area contributed by atoms with E-state index in [1.807, 2.05) is 39.0 Å². The van der Waals surface area contributed by atoms with Crippen molar-refractivity contribution in [2.24, 2.45) is 5.41 Å². The molecule has 1 aromatic carbocycles. The van der Waals surface area contributed by atoms with Crippen LogP contribution in [-0.4, -0.2) is 62.0 Å². The molecule has 6 nitrogen and oxygen atoms in total. The maximum absolute atomic E-state index is 12.4. The van der Waals surface area contributed by atoms with Gasteiger partial charge in [0.25, 0.3) is 0 Å². The zero-order chi connectivity index (χ0) is 18.5. The Bertz CT molecular complexity index is 661. The van der Waals surface area contributed by atoms with Gasteiger partial charge >= 0.3 is 0 Å². The zero-order valence-corrected chi connectivity index (χ0v) is 16.2. The van der Waals surface area contributed by atoms with E-state index in [0.717, 1.165) is 19.6 Å². The standard InChI is InChI=1S/C18H29N3O3S/c1-18(2,3)17(22)19-9-14-25(23,24)21-12-10-20(11-13-21)15-16-7-5-4-6-8-16/h4-8H,9-15H2,1-3H3,(H,19,22). The van der Waals surface area contributed by atoms with Crippen molar-refractivity contribution in [2.45, 2.75) is 27.3 Å². The summed E-state index contributed by atoms with van der Waals surface area (Å²) < 4.78 is 26.4. The molecule has 0 saturated carbocycles. The molecule has 1 heterocycles. The minimum absolute atomic E-state index is 0.0481. The molecule has 7 heteroatoms. The monoisotopic (exact) mass is 367 g/mol. The number of nitrogens with one attached hydrogen (secondary N) is 1. The maximum Gasteiger partial charge on any atom is 0.225 e. The van der Waals surface area contributed by atoms with Crippen LogP contribution < -0.4 is 5.32 Å². The quantitative estimate of drug-likeness (QED) is 0.823. The van der Waals surface area contributed by atoms with Crippen molar-refractivity contribution in [1.29, 1.82) is 0 Å². The molecule has 1 fully saturated rings. The van der Waals surface area contributed by atoms with E-state index in [4.69, 9.17) is 0 Å². The van der Waals surface area contributed by atoms with E-state index < -0.39 is 15.4 Å². The van der Waals surface area contributed by atoms with Crippen molar-refractivity contribution in [3.05, 3.63) is 35.9 Å². The van der Waals surface area contributed by atoms with Gasteiger partial charge in [-0.1, -0.05) is 51.1 Å². The molecule has 1 aliphatic heterocycles. The molecule has 1 saturated heterocycles. The Morgan fingerprint density at radius 1 is 1.08 bits per heavy atom. The van der Waals surface area contributed by atoms with Gasteiger partial charge < -0.3 is 5.32 Å². The Morgan fingerprint density at radius 3 is 2.24 bits per heavy atom. The van der Waals surface area contributed by atoms with Gasteiger partial charge in [-0.05, 0) is 5.56 Å². The second-order valence-corrected chi connectivity index (χ2v) is 9.57. The number of carbonyl (C=O) groups is 1. The minimum atomic E-state index is -3.33. The number of carbonyl (C=O) groups excluding carboxylic acids is 1. The Kier molecular flexibility index (Phi) is 6.59. The van der Waals surface area contributed by atoms with Crippen molar-refractivity contribution in [1.82, 2.24) is 14.5 Å². The number of amides is 1. The third kappa shape index (κ3) is 6.09. The van der Waals surface area contributed by atoms with Gasteiger partial charge in [0, 0.05) is 44.7 Å². The van der Waals surface area contributed by atoms with Crippen LogP contribution in [0.15, 0.2) is 30.3 Å². The van der Waals surface area contributed by atoms with E-state index in [1.165, 1.54) is 9.87 Å². The largest absolute Gasteiger partial charge is 0.355 e. The fourth-order valence-electron chi connectivity index (χ4n) is 2.70. The van der Waals surface area contributed by atoms with Crippen LogP contribution >= 0.6 is 0 Å². The number of benzene rings is 1. The molecule has 0 aliphatic carbocycles. The second kappa shape index (κ2) is 8.29. The van der Waals surface area contributed by atoms with Crippen LogP contribution in [0, 0.1) is 5.41 Å². The van der Waals surface area contributed by atoms with Gasteiger partial charge in [-0.25, -0.2) is 8.42 Å². The molecule has 0 bridgehead atoms. The highest BCUT2D eigenvalue weighted by Crippen LogP contribution is 2.13. The van der Waals surface area contributed by atoms with E-state index in [-0.39, 0.29) is 18.2 Å². The lowest BCUT2D eigenvalue weighted by atomic mass is 9.96. The van der Waals surface area contributed by atoms with E-state index in [2.05, 4.69) is 22.3 Å². The van der Waals surface area contributed by atoms with Crippen molar-refractivity contribution in [3.8, 4) is 0 Å². The molecule has 0 atom stereocenters. The third-order valence-electron chi connectivity index (χ3n) is 4.30. The number of nitrogens with zero attached hydrogens (tertiary/aromatic N) is 2. The first-order valence-corrected chi connectivity index (χ1v) is 10.3. The fraction of sp³-hybridized carbons (Fsp3) is 0.611. The van der Waals surface area contributed by atoms with Gasteiger partial charge in [0.1, 0.15) is 0 Å². The van der Waals surface area contributed by atoms with Crippen LogP contribution in [-0.2, 0) is 21.4 Å². The number of piperazine rings is 1. The van der Waals surface area contributed by atoms with Gasteiger partial charge in [0.15, 0.2) is 0 Å². The Morgan fingerprint density at radius 2 is 1.68 bits per heavy atom. The zero-order valence-electron chi connectivity index (χ0n) is 15.4. The number of hydrogen-bond donors (Lipinski definition) is 1. The predicted molar refractivity (Wildman–Crippen MR) is 99.5 cm³/mol. The molecule has 0 radical (unpaired) electrons. The van der Waals surface area contributed by atoms with Crippen LogP contribution in [0.1, 0.15) is 26.3 Å². The van der Waals surface area contributed by atoms with Crippen LogP contribution in [0.5, 0.6) is 0 Å². The summed E-state index contributed by atoms with van der Waals surface area (Å²) in [5.74, 6) is -0.177. The van der Waals surface area contributed by atoms with Gasteiger partial charge in [-0.15, -0.1) is 0 Å². The lowest BCUT2D eigenvalue weighted by molar-refractivity contribution is -0.128. The molecule has 0 aromatic heterocycles. The number of rotatable bonds is 6. The molecule has 25 heavy (non-hydrogen) atoms. The highest BCUT2D eigenvalue weighted by Gasteiger charge is 2.27. The second-order valence-electron chi connectivity index (χ2n) is 7.48. The van der Waals surface area contributed by atoms with Gasteiger partial charge in [-0.3, -0.25) is 9.69 Å². The first-order valence-electron chi connectivity index (χ1n) is 8.71. The first-order chi connectivity index (χ1) is 11.7. The predicted octanol–water partition coefficient (Wildman–Crippen LogP) is 1.30. The van der Waals surface area contributed by atoms with E-state index in [0.29, 0.717) is 13.1 Å². The van der Waals surface area contributed by atoms with E-state index in [1.54, 1.807) is 0 Å².